The molecule has 206 valence electrons. The van der Waals surface area contributed by atoms with Crippen molar-refractivity contribution in [1.82, 2.24) is 19.7 Å². The van der Waals surface area contributed by atoms with Crippen molar-refractivity contribution in [2.75, 3.05) is 32.8 Å². The third-order valence-electron chi connectivity index (χ3n) is 7.49. The minimum absolute atomic E-state index is 0.237. The Balaban J connectivity index is 1.00. The molecular formula is C28H36F2N4O3S. The van der Waals surface area contributed by atoms with Gasteiger partial charge in [-0.25, -0.2) is 13.8 Å². The summed E-state index contributed by atoms with van der Waals surface area (Å²) in [6.45, 7) is 3.65. The second-order valence-electron chi connectivity index (χ2n) is 10.8. The van der Waals surface area contributed by atoms with Crippen LogP contribution in [0.15, 0.2) is 24.4 Å². The zero-order valence-electron chi connectivity index (χ0n) is 22.1. The SMILES string of the molecule is Cn1ncc2cc(CC(=O)CC3CCC(CCN4CCc5nc(OCC(C)(F)F)sc5CC4)OC3)ccc21. The smallest absolute Gasteiger partial charge is 0.278 e. The lowest BCUT2D eigenvalue weighted by molar-refractivity contribution is -0.121. The van der Waals surface area contributed by atoms with Crippen molar-refractivity contribution < 1.29 is 23.0 Å². The maximum atomic E-state index is 13.1. The van der Waals surface area contributed by atoms with E-state index in [-0.39, 0.29) is 11.9 Å². The van der Waals surface area contributed by atoms with Crippen molar-refractivity contribution in [2.45, 2.75) is 63.9 Å². The van der Waals surface area contributed by atoms with Crippen LogP contribution in [0, 0.1) is 5.92 Å². The maximum absolute atomic E-state index is 13.1. The molecule has 5 rings (SSSR count). The monoisotopic (exact) mass is 546 g/mol. The van der Waals surface area contributed by atoms with Crippen LogP contribution in [0.3, 0.4) is 0 Å². The number of aromatic nitrogens is 3. The Hall–Kier alpha value is -2.43. The molecule has 0 amide bonds. The standard InChI is InChI=1S/C28H36F2N4O3S/c1-28(29,30)18-37-27-32-24-8-11-34(12-9-26(24)38-27)10-7-23-5-3-20(17-36-23)15-22(35)14-19-4-6-25-21(13-19)16-31-33(25)2/h4,6,13,16,20,23H,3,5,7-12,14-15,17-18H2,1-2H3. The third kappa shape index (κ3) is 7.15. The molecule has 4 heterocycles. The molecule has 0 radical (unpaired) electrons. The van der Waals surface area contributed by atoms with Gasteiger partial charge in [0.25, 0.3) is 11.1 Å². The second kappa shape index (κ2) is 11.8. The van der Waals surface area contributed by atoms with Gasteiger partial charge in [-0.05, 0) is 49.3 Å². The number of carbonyl (C=O) groups excluding carboxylic acids is 1. The maximum Gasteiger partial charge on any atom is 0.278 e. The molecule has 2 atom stereocenters. The molecule has 1 aromatic carbocycles. The molecule has 0 N–H and O–H groups in total. The number of rotatable bonds is 10. The van der Waals surface area contributed by atoms with Gasteiger partial charge in [0.2, 0.25) is 0 Å². The van der Waals surface area contributed by atoms with Gasteiger partial charge in [-0.1, -0.05) is 17.4 Å². The first-order valence-electron chi connectivity index (χ1n) is 13.5. The molecule has 2 unspecified atom stereocenters. The summed E-state index contributed by atoms with van der Waals surface area (Å²) in [5, 5.41) is 5.69. The highest BCUT2D eigenvalue weighted by molar-refractivity contribution is 7.13. The largest absolute Gasteiger partial charge is 0.464 e. The van der Waals surface area contributed by atoms with Gasteiger partial charge in [-0.15, -0.1) is 0 Å². The van der Waals surface area contributed by atoms with E-state index >= 15 is 0 Å². The Kier molecular flexibility index (Phi) is 8.40. The van der Waals surface area contributed by atoms with Gasteiger partial charge < -0.3 is 14.4 Å². The van der Waals surface area contributed by atoms with Crippen molar-refractivity contribution >= 4 is 28.0 Å². The lowest BCUT2D eigenvalue weighted by Crippen LogP contribution is -2.33. The summed E-state index contributed by atoms with van der Waals surface area (Å²) in [4.78, 5) is 20.7. The zero-order valence-corrected chi connectivity index (χ0v) is 22.9. The van der Waals surface area contributed by atoms with Crippen LogP contribution in [0.1, 0.15) is 48.7 Å². The number of ether oxygens (including phenoxy) is 2. The lowest BCUT2D eigenvalue weighted by Gasteiger charge is -2.30. The van der Waals surface area contributed by atoms with E-state index in [2.05, 4.69) is 21.0 Å². The molecule has 0 aliphatic carbocycles. The van der Waals surface area contributed by atoms with E-state index in [1.54, 1.807) is 0 Å². The summed E-state index contributed by atoms with van der Waals surface area (Å²) in [7, 11) is 1.92. The predicted molar refractivity (Wildman–Crippen MR) is 143 cm³/mol. The number of nitrogens with zero attached hydrogens (tertiary/aromatic N) is 4. The molecule has 38 heavy (non-hydrogen) atoms. The predicted octanol–water partition coefficient (Wildman–Crippen LogP) is 4.85. The highest BCUT2D eigenvalue weighted by Gasteiger charge is 2.26. The molecule has 0 bridgehead atoms. The van der Waals surface area contributed by atoms with Crippen LogP contribution in [0.25, 0.3) is 10.9 Å². The van der Waals surface area contributed by atoms with E-state index in [1.807, 2.05) is 30.1 Å². The van der Waals surface area contributed by atoms with Crippen LogP contribution in [0.4, 0.5) is 8.78 Å². The van der Waals surface area contributed by atoms with Crippen LogP contribution in [0.5, 0.6) is 5.19 Å². The molecule has 10 heteroatoms. The highest BCUT2D eigenvalue weighted by atomic mass is 32.1. The molecule has 1 fully saturated rings. The molecule has 1 saturated heterocycles. The van der Waals surface area contributed by atoms with E-state index in [0.717, 1.165) is 85.7 Å². The third-order valence-corrected chi connectivity index (χ3v) is 8.56. The van der Waals surface area contributed by atoms with E-state index < -0.39 is 12.5 Å². The van der Waals surface area contributed by atoms with Crippen LogP contribution < -0.4 is 4.74 Å². The molecule has 3 aromatic rings. The number of fused-ring (bicyclic) bond motifs is 2. The van der Waals surface area contributed by atoms with Crippen LogP contribution >= 0.6 is 11.3 Å². The van der Waals surface area contributed by atoms with E-state index in [1.165, 1.54) is 11.3 Å². The fourth-order valence-electron chi connectivity index (χ4n) is 5.38. The van der Waals surface area contributed by atoms with Gasteiger partial charge in [0.05, 0.1) is 30.1 Å². The van der Waals surface area contributed by atoms with Crippen LogP contribution in [0.2, 0.25) is 0 Å². The summed E-state index contributed by atoms with van der Waals surface area (Å²) in [6, 6.07) is 6.11. The summed E-state index contributed by atoms with van der Waals surface area (Å²) >= 11 is 1.39. The number of ketones is 1. The molecule has 2 aromatic heterocycles. The Morgan fingerprint density at radius 1 is 1.26 bits per heavy atom. The zero-order chi connectivity index (χ0) is 26.7. The number of benzene rings is 1. The summed E-state index contributed by atoms with van der Waals surface area (Å²) < 4.78 is 39.3. The van der Waals surface area contributed by atoms with Crippen molar-refractivity contribution in [1.29, 1.82) is 0 Å². The number of hydrogen-bond donors (Lipinski definition) is 0. The van der Waals surface area contributed by atoms with Crippen molar-refractivity contribution in [3.05, 3.63) is 40.5 Å². The van der Waals surface area contributed by atoms with Crippen LogP contribution in [-0.2, 0) is 35.8 Å². The van der Waals surface area contributed by atoms with Crippen molar-refractivity contribution in [2.24, 2.45) is 13.0 Å². The first-order valence-corrected chi connectivity index (χ1v) is 14.3. The van der Waals surface area contributed by atoms with Gasteiger partial charge in [0.15, 0.2) is 6.61 Å². The van der Waals surface area contributed by atoms with Gasteiger partial charge in [-0.3, -0.25) is 9.48 Å². The minimum Gasteiger partial charge on any atom is -0.464 e. The topological polar surface area (TPSA) is 69.5 Å². The number of Topliss-reactive ketones (excluding diaryl/α,β-unsaturated/α-hetero) is 1. The Morgan fingerprint density at radius 3 is 2.89 bits per heavy atom. The first kappa shape index (κ1) is 27.1. The van der Waals surface area contributed by atoms with Crippen molar-refractivity contribution in [3.8, 4) is 5.19 Å². The molecular weight excluding hydrogens is 510 g/mol. The number of halogens is 2. The Morgan fingerprint density at radius 2 is 2.11 bits per heavy atom. The first-order chi connectivity index (χ1) is 18.2. The van der Waals surface area contributed by atoms with Gasteiger partial charge >= 0.3 is 0 Å². The van der Waals surface area contributed by atoms with Crippen LogP contribution in [-0.4, -0.2) is 70.3 Å². The van der Waals surface area contributed by atoms with Gasteiger partial charge in [0, 0.05) is 63.1 Å². The van der Waals surface area contributed by atoms with Gasteiger partial charge in [-0.2, -0.15) is 5.10 Å². The number of thiazole rings is 1. The average molecular weight is 547 g/mol. The molecule has 0 spiro atoms. The Labute approximate surface area is 226 Å². The quantitative estimate of drug-likeness (QED) is 0.362. The number of aryl methyl sites for hydroxylation is 1. The fraction of sp³-hybridized carbons (Fsp3) is 0.607. The summed E-state index contributed by atoms with van der Waals surface area (Å²) in [5.41, 5.74) is 3.09. The number of alkyl halides is 2. The molecule has 2 aliphatic heterocycles. The highest BCUT2D eigenvalue weighted by Crippen LogP contribution is 2.30. The summed E-state index contributed by atoms with van der Waals surface area (Å²) in [5.74, 6) is -2.29. The molecule has 0 saturated carbocycles. The van der Waals surface area contributed by atoms with E-state index in [0.29, 0.717) is 30.6 Å². The second-order valence-corrected chi connectivity index (χ2v) is 11.9. The normalized spacial score (nSPS) is 20.8. The van der Waals surface area contributed by atoms with Gasteiger partial charge in [0.1, 0.15) is 5.78 Å². The number of carbonyl (C=O) groups is 1. The van der Waals surface area contributed by atoms with Crippen molar-refractivity contribution in [3.63, 3.8) is 0 Å². The number of hydrogen-bond acceptors (Lipinski definition) is 7. The minimum atomic E-state index is -2.85. The van der Waals surface area contributed by atoms with E-state index in [9.17, 15) is 13.6 Å². The Bertz CT molecular complexity index is 1220. The molecule has 2 aliphatic rings. The molecule has 7 nitrogen and oxygen atoms in total. The average Bonchev–Trinajstić information content (AvgIpc) is 3.39. The lowest BCUT2D eigenvalue weighted by atomic mass is 9.91. The summed E-state index contributed by atoms with van der Waals surface area (Å²) in [6.07, 6.45) is 7.77. The van der Waals surface area contributed by atoms with E-state index in [4.69, 9.17) is 9.47 Å². The fourth-order valence-corrected chi connectivity index (χ4v) is 6.32.